The molecule has 160 valence electrons. The van der Waals surface area contributed by atoms with Gasteiger partial charge in [-0.3, -0.25) is 4.79 Å². The van der Waals surface area contributed by atoms with Crippen molar-refractivity contribution in [3.8, 4) is 0 Å². The Morgan fingerprint density at radius 1 is 1.26 bits per heavy atom. The smallest absolute Gasteiger partial charge is 0.325 e. The van der Waals surface area contributed by atoms with Gasteiger partial charge >= 0.3 is 5.97 Å². The van der Waals surface area contributed by atoms with Gasteiger partial charge in [0.15, 0.2) is 5.13 Å². The van der Waals surface area contributed by atoms with Crippen LogP contribution in [0.4, 0.5) is 13.9 Å². The van der Waals surface area contributed by atoms with E-state index in [-0.39, 0.29) is 30.2 Å². The Kier molecular flexibility index (Phi) is 5.09. The van der Waals surface area contributed by atoms with Crippen LogP contribution in [0, 0.1) is 11.6 Å². The van der Waals surface area contributed by atoms with E-state index < -0.39 is 0 Å². The van der Waals surface area contributed by atoms with Gasteiger partial charge in [-0.2, -0.15) is 0 Å². The fourth-order valence-corrected chi connectivity index (χ4v) is 5.36. The van der Waals surface area contributed by atoms with Crippen LogP contribution in [0.5, 0.6) is 0 Å². The molecular weight excluding hydrogens is 420 g/mol. The third-order valence-electron chi connectivity index (χ3n) is 5.70. The first-order chi connectivity index (χ1) is 15.0. The van der Waals surface area contributed by atoms with E-state index in [1.807, 2.05) is 4.57 Å². The molecule has 5 rings (SSSR count). The Morgan fingerprint density at radius 3 is 2.90 bits per heavy atom. The average molecular weight is 442 g/mol. The number of rotatable bonds is 5. The highest BCUT2D eigenvalue weighted by atomic mass is 32.1. The third-order valence-corrected chi connectivity index (χ3v) is 6.65. The lowest BCUT2D eigenvalue weighted by Gasteiger charge is -2.24. The normalized spacial score (nSPS) is 15.9. The third kappa shape index (κ3) is 3.76. The summed E-state index contributed by atoms with van der Waals surface area (Å²) in [4.78, 5) is 16.7. The summed E-state index contributed by atoms with van der Waals surface area (Å²) in [6.07, 6.45) is 2.29. The lowest BCUT2D eigenvalue weighted by molar-refractivity contribution is -0.143. The highest BCUT2D eigenvalue weighted by Gasteiger charge is 2.27. The number of anilines is 1. The van der Waals surface area contributed by atoms with Crippen LogP contribution in [0.2, 0.25) is 0 Å². The number of benzene rings is 2. The second-order valence-electron chi connectivity index (χ2n) is 7.69. The molecule has 2 heterocycles. The van der Waals surface area contributed by atoms with Gasteiger partial charge < -0.3 is 14.6 Å². The number of hydrogen-bond donors (Lipinski definition) is 1. The van der Waals surface area contributed by atoms with Gasteiger partial charge in [0.1, 0.15) is 18.2 Å². The number of fused-ring (bicyclic) bond motifs is 4. The molecule has 1 aliphatic rings. The molecule has 2 aromatic carbocycles. The maximum Gasteiger partial charge on any atom is 0.325 e. The standard InChI is InChI=1S/C23H21F2N3O2S/c1-2-30-22(29)12-28-19-7-4-13(24)9-16(19)17-11-15(5-8-20(17)28)26-23-27-18-6-3-14(25)10-21(18)31-23/h3-4,6-7,9-10,15H,2,5,8,11-12H2,1H3,(H,26,27)/t15-/m0/s1. The fraction of sp³-hybridized carbons (Fsp3) is 0.304. The van der Waals surface area contributed by atoms with Gasteiger partial charge in [0.05, 0.1) is 16.8 Å². The minimum atomic E-state index is -0.299. The van der Waals surface area contributed by atoms with Crippen molar-refractivity contribution in [2.24, 2.45) is 0 Å². The van der Waals surface area contributed by atoms with Crippen molar-refractivity contribution < 1.29 is 18.3 Å². The lowest BCUT2D eigenvalue weighted by atomic mass is 9.91. The molecule has 4 aromatic rings. The first-order valence-corrected chi connectivity index (χ1v) is 11.1. The molecule has 1 N–H and O–H groups in total. The van der Waals surface area contributed by atoms with E-state index in [4.69, 9.17) is 4.74 Å². The Hall–Kier alpha value is -3.00. The van der Waals surface area contributed by atoms with E-state index >= 15 is 0 Å². The fourth-order valence-electron chi connectivity index (χ4n) is 4.40. The predicted molar refractivity (Wildman–Crippen MR) is 118 cm³/mol. The molecule has 0 saturated carbocycles. The van der Waals surface area contributed by atoms with E-state index in [9.17, 15) is 13.6 Å². The molecule has 5 nitrogen and oxygen atoms in total. The first kappa shape index (κ1) is 19.9. The number of carbonyl (C=O) groups is 1. The van der Waals surface area contributed by atoms with Crippen LogP contribution >= 0.6 is 11.3 Å². The molecule has 0 unspecified atom stereocenters. The molecular formula is C23H21F2N3O2S. The largest absolute Gasteiger partial charge is 0.465 e. The molecule has 0 bridgehead atoms. The summed E-state index contributed by atoms with van der Waals surface area (Å²) in [6, 6.07) is 9.38. The number of esters is 1. The number of aromatic nitrogens is 2. The topological polar surface area (TPSA) is 56.1 Å². The molecule has 2 aromatic heterocycles. The van der Waals surface area contributed by atoms with Gasteiger partial charge in [0, 0.05) is 22.6 Å². The maximum atomic E-state index is 14.0. The van der Waals surface area contributed by atoms with E-state index in [0.717, 1.165) is 50.4 Å². The van der Waals surface area contributed by atoms with E-state index in [2.05, 4.69) is 10.3 Å². The molecule has 0 spiro atoms. The minimum absolute atomic E-state index is 0.114. The van der Waals surface area contributed by atoms with Crippen molar-refractivity contribution in [3.63, 3.8) is 0 Å². The Bertz CT molecular complexity index is 1300. The van der Waals surface area contributed by atoms with Crippen molar-refractivity contribution in [2.45, 2.75) is 38.8 Å². The predicted octanol–water partition coefficient (Wildman–Crippen LogP) is 5.06. The van der Waals surface area contributed by atoms with Crippen molar-refractivity contribution in [2.75, 3.05) is 11.9 Å². The summed E-state index contributed by atoms with van der Waals surface area (Å²) in [5.41, 5.74) is 3.71. The molecule has 8 heteroatoms. The molecule has 0 radical (unpaired) electrons. The average Bonchev–Trinajstić information content (AvgIpc) is 3.26. The maximum absolute atomic E-state index is 14.0. The van der Waals surface area contributed by atoms with Gasteiger partial charge in [-0.1, -0.05) is 11.3 Å². The zero-order valence-corrected chi connectivity index (χ0v) is 17.8. The highest BCUT2D eigenvalue weighted by Crippen LogP contribution is 2.35. The highest BCUT2D eigenvalue weighted by molar-refractivity contribution is 7.22. The van der Waals surface area contributed by atoms with E-state index in [1.54, 1.807) is 25.1 Å². The summed E-state index contributed by atoms with van der Waals surface area (Å²) in [5, 5.41) is 5.05. The van der Waals surface area contributed by atoms with Gasteiger partial charge in [-0.25, -0.2) is 13.8 Å². The molecule has 1 atom stereocenters. The van der Waals surface area contributed by atoms with Gasteiger partial charge in [-0.15, -0.1) is 0 Å². The Labute approximate surface area is 181 Å². The molecule has 0 aliphatic heterocycles. The van der Waals surface area contributed by atoms with Crippen LogP contribution in [0.25, 0.3) is 21.1 Å². The number of nitrogens with one attached hydrogen (secondary N) is 1. The molecule has 1 aliphatic carbocycles. The number of hydrogen-bond acceptors (Lipinski definition) is 5. The molecule has 0 amide bonds. The van der Waals surface area contributed by atoms with Crippen molar-refractivity contribution in [1.82, 2.24) is 9.55 Å². The van der Waals surface area contributed by atoms with Crippen molar-refractivity contribution in [1.29, 1.82) is 0 Å². The number of thiazole rings is 1. The number of ether oxygens (including phenoxy) is 1. The molecule has 0 fully saturated rings. The summed E-state index contributed by atoms with van der Waals surface area (Å²) in [5.74, 6) is -0.873. The van der Waals surface area contributed by atoms with Crippen LogP contribution in [0.3, 0.4) is 0 Å². The van der Waals surface area contributed by atoms with Crippen LogP contribution in [-0.2, 0) is 28.9 Å². The quantitative estimate of drug-likeness (QED) is 0.440. The summed E-state index contributed by atoms with van der Waals surface area (Å²) in [6.45, 7) is 2.23. The first-order valence-electron chi connectivity index (χ1n) is 10.3. The Morgan fingerprint density at radius 2 is 2.06 bits per heavy atom. The lowest BCUT2D eigenvalue weighted by Crippen LogP contribution is -2.28. The zero-order chi connectivity index (χ0) is 21.5. The monoisotopic (exact) mass is 441 g/mol. The van der Waals surface area contributed by atoms with Crippen LogP contribution in [0.15, 0.2) is 36.4 Å². The van der Waals surface area contributed by atoms with Crippen molar-refractivity contribution >= 4 is 43.6 Å². The SMILES string of the molecule is CCOC(=O)Cn1c2c(c3cc(F)ccc31)C[C@@H](Nc1nc3ccc(F)cc3s1)CC2. The van der Waals surface area contributed by atoms with E-state index in [0.29, 0.717) is 13.0 Å². The summed E-state index contributed by atoms with van der Waals surface area (Å²) < 4.78 is 35.4. The van der Waals surface area contributed by atoms with Crippen LogP contribution in [-0.4, -0.2) is 28.2 Å². The summed E-state index contributed by atoms with van der Waals surface area (Å²) >= 11 is 1.42. The van der Waals surface area contributed by atoms with Crippen molar-refractivity contribution in [3.05, 3.63) is 59.3 Å². The second kappa shape index (κ2) is 7.92. The number of carbonyl (C=O) groups excluding carboxylic acids is 1. The van der Waals surface area contributed by atoms with Crippen LogP contribution < -0.4 is 5.32 Å². The summed E-state index contributed by atoms with van der Waals surface area (Å²) in [7, 11) is 0. The molecule has 31 heavy (non-hydrogen) atoms. The molecule has 0 saturated heterocycles. The number of halogens is 2. The van der Waals surface area contributed by atoms with Crippen LogP contribution in [0.1, 0.15) is 24.6 Å². The number of nitrogens with zero attached hydrogens (tertiary/aromatic N) is 2. The second-order valence-corrected chi connectivity index (χ2v) is 8.72. The minimum Gasteiger partial charge on any atom is -0.465 e. The van der Waals surface area contributed by atoms with E-state index in [1.165, 1.54) is 29.5 Å². The van der Waals surface area contributed by atoms with Gasteiger partial charge in [0.2, 0.25) is 0 Å². The Balaban J connectivity index is 1.46. The zero-order valence-electron chi connectivity index (χ0n) is 17.0. The van der Waals surface area contributed by atoms with Gasteiger partial charge in [-0.05, 0) is 68.1 Å². The van der Waals surface area contributed by atoms with Gasteiger partial charge in [0.25, 0.3) is 0 Å².